The predicted molar refractivity (Wildman–Crippen MR) is 89.2 cm³/mol. The Kier molecular flexibility index (Phi) is 3.43. The second-order valence-electron chi connectivity index (χ2n) is 7.45. The van der Waals surface area contributed by atoms with Crippen molar-refractivity contribution in [3.8, 4) is 11.5 Å². The van der Waals surface area contributed by atoms with Crippen molar-refractivity contribution in [2.75, 3.05) is 0 Å². The highest BCUT2D eigenvalue weighted by Crippen LogP contribution is 2.57. The van der Waals surface area contributed by atoms with Crippen molar-refractivity contribution in [2.45, 2.75) is 39.0 Å². The molecule has 1 unspecified atom stereocenters. The smallest absolute Gasteiger partial charge is 0.115 e. The molecule has 0 spiro atoms. The second kappa shape index (κ2) is 5.05. The Balaban J connectivity index is 2.15. The highest BCUT2D eigenvalue weighted by molar-refractivity contribution is 5.44. The molecular weight excluding hydrogens is 272 g/mol. The molecular formula is C20H24O2. The lowest BCUT2D eigenvalue weighted by atomic mass is 9.71. The number of benzene rings is 2. The number of rotatable bonds is 2. The standard InChI is InChI=1S/C20H24O2/c1-14-12-20(13-19(14,2)3,15-4-8-17(21)9-5-15)16-6-10-18(22)11-7-16/h4-11,14,21-22H,12-13H2,1-3H3. The first-order chi connectivity index (χ1) is 10.3. The zero-order chi connectivity index (χ0) is 16.0. The van der Waals surface area contributed by atoms with E-state index < -0.39 is 0 Å². The third-order valence-corrected chi connectivity index (χ3v) is 5.59. The van der Waals surface area contributed by atoms with Crippen LogP contribution in [0.3, 0.4) is 0 Å². The van der Waals surface area contributed by atoms with Crippen LogP contribution in [0.4, 0.5) is 0 Å². The second-order valence-corrected chi connectivity index (χ2v) is 7.45. The van der Waals surface area contributed by atoms with E-state index in [1.165, 1.54) is 11.1 Å². The van der Waals surface area contributed by atoms with Crippen LogP contribution in [-0.2, 0) is 5.41 Å². The van der Waals surface area contributed by atoms with Crippen LogP contribution in [0.15, 0.2) is 48.5 Å². The third kappa shape index (κ3) is 2.37. The van der Waals surface area contributed by atoms with Crippen molar-refractivity contribution < 1.29 is 10.2 Å². The van der Waals surface area contributed by atoms with Crippen LogP contribution in [0.1, 0.15) is 44.7 Å². The maximum Gasteiger partial charge on any atom is 0.115 e. The van der Waals surface area contributed by atoms with E-state index in [2.05, 4.69) is 20.8 Å². The van der Waals surface area contributed by atoms with Gasteiger partial charge < -0.3 is 10.2 Å². The average Bonchev–Trinajstić information content (AvgIpc) is 2.71. The fourth-order valence-corrected chi connectivity index (χ4v) is 3.99. The number of phenolic OH excluding ortho intramolecular Hbond substituents is 2. The van der Waals surface area contributed by atoms with Crippen molar-refractivity contribution >= 4 is 0 Å². The van der Waals surface area contributed by atoms with E-state index in [4.69, 9.17) is 0 Å². The number of hydrogen-bond acceptors (Lipinski definition) is 2. The lowest BCUT2D eigenvalue weighted by Crippen LogP contribution is -2.25. The maximum atomic E-state index is 9.61. The Morgan fingerprint density at radius 2 is 1.23 bits per heavy atom. The largest absolute Gasteiger partial charge is 0.508 e. The zero-order valence-electron chi connectivity index (χ0n) is 13.5. The van der Waals surface area contributed by atoms with Crippen molar-refractivity contribution in [1.82, 2.24) is 0 Å². The minimum atomic E-state index is -0.0513. The van der Waals surface area contributed by atoms with Crippen molar-refractivity contribution in [2.24, 2.45) is 11.3 Å². The van der Waals surface area contributed by atoms with E-state index in [0.29, 0.717) is 17.4 Å². The van der Waals surface area contributed by atoms with E-state index in [1.54, 1.807) is 24.3 Å². The quantitative estimate of drug-likeness (QED) is 0.832. The predicted octanol–water partition coefficient (Wildman–Crippen LogP) is 4.84. The maximum absolute atomic E-state index is 9.61. The molecule has 1 aliphatic rings. The van der Waals surface area contributed by atoms with Crippen LogP contribution in [0.5, 0.6) is 11.5 Å². The van der Waals surface area contributed by atoms with Crippen LogP contribution in [0.25, 0.3) is 0 Å². The van der Waals surface area contributed by atoms with Crippen LogP contribution in [-0.4, -0.2) is 10.2 Å². The molecule has 2 aromatic carbocycles. The van der Waals surface area contributed by atoms with Gasteiger partial charge in [-0.3, -0.25) is 0 Å². The molecule has 3 rings (SSSR count). The Labute approximate surface area is 132 Å². The molecule has 22 heavy (non-hydrogen) atoms. The van der Waals surface area contributed by atoms with E-state index in [1.807, 2.05) is 24.3 Å². The fraction of sp³-hybridized carbons (Fsp3) is 0.400. The van der Waals surface area contributed by atoms with Crippen LogP contribution >= 0.6 is 0 Å². The van der Waals surface area contributed by atoms with Crippen molar-refractivity contribution in [3.63, 3.8) is 0 Å². The Morgan fingerprint density at radius 3 is 1.55 bits per heavy atom. The first kappa shape index (κ1) is 15.0. The Hall–Kier alpha value is -1.96. The van der Waals surface area contributed by atoms with Crippen LogP contribution in [0, 0.1) is 11.3 Å². The van der Waals surface area contributed by atoms with Crippen LogP contribution in [0.2, 0.25) is 0 Å². The van der Waals surface area contributed by atoms with E-state index in [-0.39, 0.29) is 10.8 Å². The Bertz CT molecular complexity index is 608. The molecule has 2 heteroatoms. The SMILES string of the molecule is CC1CC(c2ccc(O)cc2)(c2ccc(O)cc2)CC1(C)C. The Morgan fingerprint density at radius 1 is 0.818 bits per heavy atom. The van der Waals surface area contributed by atoms with Crippen LogP contribution < -0.4 is 0 Å². The van der Waals surface area contributed by atoms with Crippen molar-refractivity contribution in [1.29, 1.82) is 0 Å². The topological polar surface area (TPSA) is 40.5 Å². The molecule has 0 bridgehead atoms. The van der Waals surface area contributed by atoms with Gasteiger partial charge in [0.1, 0.15) is 11.5 Å². The normalized spacial score (nSPS) is 22.6. The van der Waals surface area contributed by atoms with E-state index in [0.717, 1.165) is 12.8 Å². The monoisotopic (exact) mass is 296 g/mol. The average molecular weight is 296 g/mol. The zero-order valence-corrected chi connectivity index (χ0v) is 13.5. The van der Waals surface area contributed by atoms with E-state index >= 15 is 0 Å². The summed E-state index contributed by atoms with van der Waals surface area (Å²) in [5.74, 6) is 1.21. The summed E-state index contributed by atoms with van der Waals surface area (Å²) in [5.41, 5.74) is 2.70. The molecule has 0 radical (unpaired) electrons. The van der Waals surface area contributed by atoms with Gasteiger partial charge in [-0.05, 0) is 59.6 Å². The summed E-state index contributed by atoms with van der Waals surface area (Å²) in [6.45, 7) is 6.99. The minimum Gasteiger partial charge on any atom is -0.508 e. The molecule has 1 atom stereocenters. The molecule has 0 saturated heterocycles. The van der Waals surface area contributed by atoms with Gasteiger partial charge in [-0.15, -0.1) is 0 Å². The van der Waals surface area contributed by atoms with Gasteiger partial charge in [0.15, 0.2) is 0 Å². The summed E-state index contributed by atoms with van der Waals surface area (Å²) < 4.78 is 0. The van der Waals surface area contributed by atoms with Gasteiger partial charge in [-0.25, -0.2) is 0 Å². The molecule has 2 aromatic rings. The van der Waals surface area contributed by atoms with Gasteiger partial charge in [0.2, 0.25) is 0 Å². The molecule has 1 aliphatic carbocycles. The first-order valence-electron chi connectivity index (χ1n) is 7.92. The van der Waals surface area contributed by atoms with Gasteiger partial charge >= 0.3 is 0 Å². The molecule has 0 aliphatic heterocycles. The summed E-state index contributed by atoms with van der Waals surface area (Å²) in [6.07, 6.45) is 2.15. The summed E-state index contributed by atoms with van der Waals surface area (Å²) >= 11 is 0. The van der Waals surface area contributed by atoms with E-state index in [9.17, 15) is 10.2 Å². The van der Waals surface area contributed by atoms with Gasteiger partial charge in [0.25, 0.3) is 0 Å². The molecule has 2 nitrogen and oxygen atoms in total. The lowest BCUT2D eigenvalue weighted by molar-refractivity contribution is 0.277. The summed E-state index contributed by atoms with van der Waals surface area (Å²) in [6, 6.07) is 15.2. The summed E-state index contributed by atoms with van der Waals surface area (Å²) in [4.78, 5) is 0. The van der Waals surface area contributed by atoms with Gasteiger partial charge in [0, 0.05) is 5.41 Å². The highest BCUT2D eigenvalue weighted by Gasteiger charge is 2.49. The molecule has 0 amide bonds. The fourth-order valence-electron chi connectivity index (χ4n) is 3.99. The molecule has 1 saturated carbocycles. The molecule has 1 fully saturated rings. The van der Waals surface area contributed by atoms with Crippen molar-refractivity contribution in [3.05, 3.63) is 59.7 Å². The minimum absolute atomic E-state index is 0.0513. The molecule has 116 valence electrons. The third-order valence-electron chi connectivity index (χ3n) is 5.59. The molecule has 2 N–H and O–H groups in total. The van der Waals surface area contributed by atoms with Gasteiger partial charge in [0.05, 0.1) is 0 Å². The molecule has 0 aromatic heterocycles. The lowest BCUT2D eigenvalue weighted by Gasteiger charge is -2.32. The first-order valence-corrected chi connectivity index (χ1v) is 7.92. The van der Waals surface area contributed by atoms with Gasteiger partial charge in [-0.2, -0.15) is 0 Å². The summed E-state index contributed by atoms with van der Waals surface area (Å²) in [7, 11) is 0. The molecule has 0 heterocycles. The van der Waals surface area contributed by atoms with Gasteiger partial charge in [-0.1, -0.05) is 45.0 Å². The number of hydrogen-bond donors (Lipinski definition) is 2. The highest BCUT2D eigenvalue weighted by atomic mass is 16.3. The number of phenols is 2. The number of aromatic hydroxyl groups is 2. The summed E-state index contributed by atoms with van der Waals surface area (Å²) in [5, 5.41) is 19.2.